The highest BCUT2D eigenvalue weighted by molar-refractivity contribution is 6.28. The van der Waals surface area contributed by atoms with Gasteiger partial charge in [-0.2, -0.15) is 0 Å². The Bertz CT molecular complexity index is 560. The lowest BCUT2D eigenvalue weighted by atomic mass is 9.99. The summed E-state index contributed by atoms with van der Waals surface area (Å²) in [5, 5.41) is 10.6. The molecule has 1 aromatic heterocycles. The minimum atomic E-state index is -0.883. The summed E-state index contributed by atoms with van der Waals surface area (Å²) in [7, 11) is 1.59. The lowest BCUT2D eigenvalue weighted by Gasteiger charge is -2.16. The van der Waals surface area contributed by atoms with Crippen LogP contribution in [-0.4, -0.2) is 12.2 Å². The quantitative estimate of drug-likeness (QED) is 0.922. The first kappa shape index (κ1) is 13.0. The molecule has 0 aliphatic carbocycles. The molecule has 96 valence electrons. The number of rotatable bonds is 3. The van der Waals surface area contributed by atoms with Crippen molar-refractivity contribution in [1.82, 2.24) is 0 Å². The number of aryl methyl sites for hydroxylation is 1. The number of halogens is 1. The fourth-order valence-corrected chi connectivity index (χ4v) is 2.08. The molecule has 3 nitrogen and oxygen atoms in total. The van der Waals surface area contributed by atoms with Crippen LogP contribution in [-0.2, 0) is 0 Å². The van der Waals surface area contributed by atoms with Gasteiger partial charge in [0.1, 0.15) is 17.6 Å². The largest absolute Gasteiger partial charge is 0.496 e. The molecule has 0 aliphatic rings. The van der Waals surface area contributed by atoms with Crippen LogP contribution < -0.4 is 4.74 Å². The van der Waals surface area contributed by atoms with Gasteiger partial charge in [-0.25, -0.2) is 0 Å². The first-order chi connectivity index (χ1) is 8.54. The van der Waals surface area contributed by atoms with E-state index in [0.717, 1.165) is 11.1 Å². The SMILES string of the molecule is COc1c(C(O)c2ccc(Cl)o2)ccc(C)c1C. The number of furan rings is 1. The molecule has 18 heavy (non-hydrogen) atoms. The molecule has 1 heterocycles. The van der Waals surface area contributed by atoms with Crippen LogP contribution in [0.3, 0.4) is 0 Å². The van der Waals surface area contributed by atoms with E-state index < -0.39 is 6.10 Å². The normalized spacial score (nSPS) is 12.5. The van der Waals surface area contributed by atoms with Crippen LogP contribution in [0, 0.1) is 13.8 Å². The van der Waals surface area contributed by atoms with E-state index in [1.165, 1.54) is 0 Å². The van der Waals surface area contributed by atoms with E-state index in [2.05, 4.69) is 0 Å². The van der Waals surface area contributed by atoms with E-state index in [9.17, 15) is 5.11 Å². The molecule has 0 bridgehead atoms. The van der Waals surface area contributed by atoms with E-state index in [1.807, 2.05) is 26.0 Å². The third kappa shape index (κ3) is 2.24. The van der Waals surface area contributed by atoms with Gasteiger partial charge in [0.2, 0.25) is 0 Å². The second-order valence-corrected chi connectivity index (χ2v) is 4.55. The molecular weight excluding hydrogens is 252 g/mol. The lowest BCUT2D eigenvalue weighted by molar-refractivity contribution is 0.185. The summed E-state index contributed by atoms with van der Waals surface area (Å²) >= 11 is 5.71. The standard InChI is InChI=1S/C14H15ClO3/c1-8-4-5-10(14(17-3)9(8)2)13(16)11-6-7-12(15)18-11/h4-7,13,16H,1-3H3. The van der Waals surface area contributed by atoms with Crippen molar-refractivity contribution in [3.8, 4) is 5.75 Å². The molecule has 1 N–H and O–H groups in total. The van der Waals surface area contributed by atoms with Crippen molar-refractivity contribution in [3.05, 3.63) is 51.9 Å². The Morgan fingerprint density at radius 2 is 1.94 bits per heavy atom. The summed E-state index contributed by atoms with van der Waals surface area (Å²) in [6.07, 6.45) is -0.883. The predicted molar refractivity (Wildman–Crippen MR) is 70.2 cm³/mol. The first-order valence-electron chi connectivity index (χ1n) is 5.62. The number of methoxy groups -OCH3 is 1. The molecule has 0 spiro atoms. The molecule has 0 radical (unpaired) electrons. The lowest BCUT2D eigenvalue weighted by Crippen LogP contribution is -2.03. The monoisotopic (exact) mass is 266 g/mol. The maximum atomic E-state index is 10.3. The molecule has 1 atom stereocenters. The van der Waals surface area contributed by atoms with Gasteiger partial charge in [0.15, 0.2) is 5.22 Å². The molecule has 0 fully saturated rings. The van der Waals surface area contributed by atoms with Crippen molar-refractivity contribution < 1.29 is 14.3 Å². The predicted octanol–water partition coefficient (Wildman–Crippen LogP) is 3.64. The highest BCUT2D eigenvalue weighted by Gasteiger charge is 2.20. The Morgan fingerprint density at radius 3 is 2.50 bits per heavy atom. The minimum Gasteiger partial charge on any atom is -0.496 e. The summed E-state index contributed by atoms with van der Waals surface area (Å²) in [6.45, 7) is 3.96. The summed E-state index contributed by atoms with van der Waals surface area (Å²) in [6, 6.07) is 7.04. The Morgan fingerprint density at radius 1 is 1.22 bits per heavy atom. The average molecular weight is 267 g/mol. The van der Waals surface area contributed by atoms with E-state index in [4.69, 9.17) is 20.8 Å². The molecule has 1 unspecified atom stereocenters. The zero-order valence-corrected chi connectivity index (χ0v) is 11.3. The van der Waals surface area contributed by atoms with Gasteiger partial charge in [-0.15, -0.1) is 0 Å². The second kappa shape index (κ2) is 5.04. The Balaban J connectivity index is 2.48. The average Bonchev–Trinajstić information content (AvgIpc) is 2.78. The maximum absolute atomic E-state index is 10.3. The molecule has 0 aliphatic heterocycles. The zero-order chi connectivity index (χ0) is 13.3. The van der Waals surface area contributed by atoms with Gasteiger partial charge >= 0.3 is 0 Å². The van der Waals surface area contributed by atoms with E-state index in [1.54, 1.807) is 19.2 Å². The molecular formula is C14H15ClO3. The molecule has 4 heteroatoms. The van der Waals surface area contributed by atoms with Crippen LogP contribution in [0.25, 0.3) is 0 Å². The molecule has 0 amide bonds. The maximum Gasteiger partial charge on any atom is 0.193 e. The van der Waals surface area contributed by atoms with Crippen molar-refractivity contribution >= 4 is 11.6 Å². The number of aliphatic hydroxyl groups excluding tert-OH is 1. The number of hydrogen-bond acceptors (Lipinski definition) is 3. The van der Waals surface area contributed by atoms with E-state index in [0.29, 0.717) is 17.1 Å². The summed E-state index contributed by atoms with van der Waals surface area (Å²) in [5.41, 5.74) is 2.79. The van der Waals surface area contributed by atoms with Crippen molar-refractivity contribution in [2.75, 3.05) is 7.11 Å². The highest BCUT2D eigenvalue weighted by atomic mass is 35.5. The second-order valence-electron chi connectivity index (χ2n) is 4.17. The van der Waals surface area contributed by atoms with Crippen LogP contribution in [0.4, 0.5) is 0 Å². The van der Waals surface area contributed by atoms with Crippen LogP contribution in [0.5, 0.6) is 5.75 Å². The van der Waals surface area contributed by atoms with Crippen LogP contribution >= 0.6 is 11.6 Å². The van der Waals surface area contributed by atoms with Crippen LogP contribution in [0.2, 0.25) is 5.22 Å². The topological polar surface area (TPSA) is 42.6 Å². The van der Waals surface area contributed by atoms with Gasteiger partial charge in [0.25, 0.3) is 0 Å². The molecule has 2 rings (SSSR count). The minimum absolute atomic E-state index is 0.256. The van der Waals surface area contributed by atoms with Gasteiger partial charge in [-0.05, 0) is 48.7 Å². The number of hydrogen-bond donors (Lipinski definition) is 1. The zero-order valence-electron chi connectivity index (χ0n) is 10.5. The summed E-state index contributed by atoms with van der Waals surface area (Å²) in [5.74, 6) is 1.08. The van der Waals surface area contributed by atoms with Crippen LogP contribution in [0.15, 0.2) is 28.7 Å². The van der Waals surface area contributed by atoms with Gasteiger partial charge in [0, 0.05) is 5.56 Å². The summed E-state index contributed by atoms with van der Waals surface area (Å²) in [4.78, 5) is 0. The third-order valence-electron chi connectivity index (χ3n) is 3.07. The van der Waals surface area contributed by atoms with E-state index >= 15 is 0 Å². The van der Waals surface area contributed by atoms with Crippen molar-refractivity contribution in [1.29, 1.82) is 0 Å². The number of aliphatic hydroxyl groups is 1. The van der Waals surface area contributed by atoms with Gasteiger partial charge in [-0.3, -0.25) is 0 Å². The number of benzene rings is 1. The summed E-state index contributed by atoms with van der Waals surface area (Å²) < 4.78 is 10.6. The Kier molecular flexibility index (Phi) is 3.64. The molecule has 0 saturated carbocycles. The molecule has 1 aromatic carbocycles. The third-order valence-corrected chi connectivity index (χ3v) is 3.27. The Labute approximate surface area is 111 Å². The van der Waals surface area contributed by atoms with Gasteiger partial charge in [0.05, 0.1) is 7.11 Å². The highest BCUT2D eigenvalue weighted by Crippen LogP contribution is 2.35. The molecule has 2 aromatic rings. The number of ether oxygens (including phenoxy) is 1. The smallest absolute Gasteiger partial charge is 0.193 e. The van der Waals surface area contributed by atoms with Crippen molar-refractivity contribution in [2.24, 2.45) is 0 Å². The van der Waals surface area contributed by atoms with Gasteiger partial charge < -0.3 is 14.3 Å². The first-order valence-corrected chi connectivity index (χ1v) is 5.99. The van der Waals surface area contributed by atoms with Crippen molar-refractivity contribution in [2.45, 2.75) is 20.0 Å². The van der Waals surface area contributed by atoms with Crippen LogP contribution in [0.1, 0.15) is 28.6 Å². The Hall–Kier alpha value is -1.45. The van der Waals surface area contributed by atoms with E-state index in [-0.39, 0.29) is 5.22 Å². The fourth-order valence-electron chi connectivity index (χ4n) is 1.93. The van der Waals surface area contributed by atoms with Crippen molar-refractivity contribution in [3.63, 3.8) is 0 Å². The molecule has 0 saturated heterocycles. The fraction of sp³-hybridized carbons (Fsp3) is 0.286. The van der Waals surface area contributed by atoms with Gasteiger partial charge in [-0.1, -0.05) is 12.1 Å².